The Labute approximate surface area is 141 Å². The van der Waals surface area contributed by atoms with Crippen LogP contribution in [0.2, 0.25) is 0 Å². The fourth-order valence-electron chi connectivity index (χ4n) is 2.94. The first-order chi connectivity index (χ1) is 11.1. The number of thioether (sulfide) groups is 1. The lowest BCUT2D eigenvalue weighted by Gasteiger charge is -2.22. The van der Waals surface area contributed by atoms with E-state index in [9.17, 15) is 4.79 Å². The fraction of sp³-hybridized carbons (Fsp3) is 0.529. The molecule has 1 N–H and O–H groups in total. The second-order valence-electron chi connectivity index (χ2n) is 6.19. The van der Waals surface area contributed by atoms with Gasteiger partial charge in [-0.15, -0.1) is 0 Å². The van der Waals surface area contributed by atoms with Crippen LogP contribution in [0.15, 0.2) is 24.5 Å². The number of carbonyl (C=O) groups is 1. The molecule has 124 valence electrons. The van der Waals surface area contributed by atoms with Crippen molar-refractivity contribution in [2.24, 2.45) is 0 Å². The lowest BCUT2D eigenvalue weighted by atomic mass is 10.2. The van der Waals surface area contributed by atoms with Crippen molar-refractivity contribution < 1.29 is 4.79 Å². The SMILES string of the molecule is Cc1cccn2cc(CCNC(=O)CN(C)[C@@H]3CCSC3)nc12. The standard InChI is InChI=1S/C17H24N4OS/c1-13-4-3-8-21-10-14(19-17(13)21)5-7-18-16(22)11-20(2)15-6-9-23-12-15/h3-4,8,10,15H,5-7,9,11-12H2,1-2H3,(H,18,22)/t15-/m1/s1. The number of imidazole rings is 1. The van der Waals surface area contributed by atoms with Gasteiger partial charge in [0.2, 0.25) is 5.91 Å². The highest BCUT2D eigenvalue weighted by atomic mass is 32.2. The predicted molar refractivity (Wildman–Crippen MR) is 95.0 cm³/mol. The molecule has 5 nitrogen and oxygen atoms in total. The lowest BCUT2D eigenvalue weighted by Crippen LogP contribution is -2.41. The number of likely N-dealkylation sites (N-methyl/N-ethyl adjacent to an activating group) is 1. The third kappa shape index (κ3) is 4.06. The third-order valence-electron chi connectivity index (χ3n) is 4.35. The summed E-state index contributed by atoms with van der Waals surface area (Å²) < 4.78 is 2.04. The molecule has 0 radical (unpaired) electrons. The van der Waals surface area contributed by atoms with E-state index in [1.165, 1.54) is 17.7 Å². The molecular weight excluding hydrogens is 308 g/mol. The van der Waals surface area contributed by atoms with Crippen LogP contribution >= 0.6 is 11.8 Å². The van der Waals surface area contributed by atoms with E-state index in [0.29, 0.717) is 19.1 Å². The summed E-state index contributed by atoms with van der Waals surface area (Å²) in [5, 5.41) is 3.01. The van der Waals surface area contributed by atoms with Gasteiger partial charge < -0.3 is 9.72 Å². The number of hydrogen-bond donors (Lipinski definition) is 1. The molecule has 3 rings (SSSR count). The number of nitrogens with zero attached hydrogens (tertiary/aromatic N) is 3. The predicted octanol–water partition coefficient (Wildman–Crippen LogP) is 1.74. The Morgan fingerprint density at radius 1 is 1.57 bits per heavy atom. The molecule has 1 aliphatic rings. The van der Waals surface area contributed by atoms with Crippen molar-refractivity contribution >= 4 is 23.3 Å². The molecule has 1 atom stereocenters. The molecule has 2 aromatic heterocycles. The van der Waals surface area contributed by atoms with Crippen LogP contribution in [0.1, 0.15) is 17.7 Å². The molecule has 0 unspecified atom stereocenters. The zero-order chi connectivity index (χ0) is 16.2. The summed E-state index contributed by atoms with van der Waals surface area (Å²) in [5.41, 5.74) is 3.17. The minimum atomic E-state index is 0.101. The van der Waals surface area contributed by atoms with Crippen LogP contribution in [0.3, 0.4) is 0 Å². The topological polar surface area (TPSA) is 49.6 Å². The van der Waals surface area contributed by atoms with E-state index < -0.39 is 0 Å². The Kier molecular flexibility index (Phi) is 5.23. The van der Waals surface area contributed by atoms with E-state index in [0.717, 1.165) is 23.5 Å². The van der Waals surface area contributed by atoms with Gasteiger partial charge in [-0.05, 0) is 37.8 Å². The number of fused-ring (bicyclic) bond motifs is 1. The lowest BCUT2D eigenvalue weighted by molar-refractivity contribution is -0.122. The van der Waals surface area contributed by atoms with Crippen molar-refractivity contribution in [2.45, 2.75) is 25.8 Å². The van der Waals surface area contributed by atoms with Crippen molar-refractivity contribution in [3.8, 4) is 0 Å². The molecule has 1 saturated heterocycles. The van der Waals surface area contributed by atoms with Gasteiger partial charge in [0.05, 0.1) is 12.2 Å². The quantitative estimate of drug-likeness (QED) is 0.875. The third-order valence-corrected chi connectivity index (χ3v) is 5.50. The minimum Gasteiger partial charge on any atom is -0.355 e. The van der Waals surface area contributed by atoms with Gasteiger partial charge in [-0.25, -0.2) is 4.98 Å². The average molecular weight is 332 g/mol. The summed E-state index contributed by atoms with van der Waals surface area (Å²) in [6, 6.07) is 4.63. The monoisotopic (exact) mass is 332 g/mol. The molecule has 0 saturated carbocycles. The summed E-state index contributed by atoms with van der Waals surface area (Å²) in [6.45, 7) is 3.18. The van der Waals surface area contributed by atoms with Gasteiger partial charge in [-0.1, -0.05) is 6.07 Å². The molecule has 0 aromatic carbocycles. The highest BCUT2D eigenvalue weighted by Gasteiger charge is 2.21. The molecule has 0 spiro atoms. The summed E-state index contributed by atoms with van der Waals surface area (Å²) in [4.78, 5) is 18.8. The molecule has 1 fully saturated rings. The van der Waals surface area contributed by atoms with Crippen LogP contribution in [0.4, 0.5) is 0 Å². The second kappa shape index (κ2) is 7.36. The second-order valence-corrected chi connectivity index (χ2v) is 7.34. The molecule has 1 amide bonds. The normalized spacial score (nSPS) is 18.0. The van der Waals surface area contributed by atoms with Crippen LogP contribution in [-0.2, 0) is 11.2 Å². The number of hydrogen-bond acceptors (Lipinski definition) is 4. The number of aryl methyl sites for hydroxylation is 1. The van der Waals surface area contributed by atoms with Crippen LogP contribution in [0.25, 0.3) is 5.65 Å². The Bertz CT molecular complexity index is 678. The molecule has 0 bridgehead atoms. The van der Waals surface area contributed by atoms with Crippen molar-refractivity contribution in [1.29, 1.82) is 0 Å². The van der Waals surface area contributed by atoms with Crippen molar-refractivity contribution in [1.82, 2.24) is 19.6 Å². The highest BCUT2D eigenvalue weighted by Crippen LogP contribution is 2.20. The van der Waals surface area contributed by atoms with E-state index in [-0.39, 0.29) is 5.91 Å². The summed E-state index contributed by atoms with van der Waals surface area (Å²) in [5.74, 6) is 2.46. The number of rotatable bonds is 6. The number of carbonyl (C=O) groups excluding carboxylic acids is 1. The van der Waals surface area contributed by atoms with E-state index >= 15 is 0 Å². The first kappa shape index (κ1) is 16.3. The first-order valence-electron chi connectivity index (χ1n) is 8.11. The number of pyridine rings is 1. The van der Waals surface area contributed by atoms with E-state index in [1.807, 2.05) is 41.7 Å². The average Bonchev–Trinajstić information content (AvgIpc) is 3.16. The van der Waals surface area contributed by atoms with Gasteiger partial charge in [0.1, 0.15) is 5.65 Å². The van der Waals surface area contributed by atoms with Gasteiger partial charge in [0, 0.05) is 37.2 Å². The van der Waals surface area contributed by atoms with Gasteiger partial charge in [0.15, 0.2) is 0 Å². The Balaban J connectivity index is 1.46. The minimum absolute atomic E-state index is 0.101. The van der Waals surface area contributed by atoms with Crippen LogP contribution < -0.4 is 5.32 Å². The molecule has 0 aliphatic carbocycles. The Hall–Kier alpha value is -1.53. The molecule has 1 aliphatic heterocycles. The Morgan fingerprint density at radius 2 is 2.43 bits per heavy atom. The zero-order valence-corrected chi connectivity index (χ0v) is 14.6. The summed E-state index contributed by atoms with van der Waals surface area (Å²) in [6.07, 6.45) is 5.99. The summed E-state index contributed by atoms with van der Waals surface area (Å²) in [7, 11) is 2.04. The zero-order valence-electron chi connectivity index (χ0n) is 13.8. The summed E-state index contributed by atoms with van der Waals surface area (Å²) >= 11 is 1.97. The highest BCUT2D eigenvalue weighted by molar-refractivity contribution is 7.99. The van der Waals surface area contributed by atoms with Gasteiger partial charge in [-0.3, -0.25) is 9.69 Å². The van der Waals surface area contributed by atoms with E-state index in [4.69, 9.17) is 0 Å². The van der Waals surface area contributed by atoms with Gasteiger partial charge in [-0.2, -0.15) is 11.8 Å². The Morgan fingerprint density at radius 3 is 3.17 bits per heavy atom. The maximum absolute atomic E-state index is 12.0. The van der Waals surface area contributed by atoms with Gasteiger partial charge >= 0.3 is 0 Å². The van der Waals surface area contributed by atoms with E-state index in [1.54, 1.807) is 0 Å². The number of aromatic nitrogens is 2. The van der Waals surface area contributed by atoms with Crippen molar-refractivity contribution in [3.63, 3.8) is 0 Å². The van der Waals surface area contributed by atoms with Gasteiger partial charge in [0.25, 0.3) is 0 Å². The first-order valence-corrected chi connectivity index (χ1v) is 9.27. The molecule has 3 heterocycles. The molecule has 2 aromatic rings. The largest absolute Gasteiger partial charge is 0.355 e. The van der Waals surface area contributed by atoms with Crippen molar-refractivity contribution in [3.05, 3.63) is 35.8 Å². The molecule has 23 heavy (non-hydrogen) atoms. The fourth-order valence-corrected chi connectivity index (χ4v) is 4.23. The van der Waals surface area contributed by atoms with Crippen LogP contribution in [0.5, 0.6) is 0 Å². The molecule has 6 heteroatoms. The maximum Gasteiger partial charge on any atom is 0.234 e. The van der Waals surface area contributed by atoms with E-state index in [2.05, 4.69) is 28.2 Å². The van der Waals surface area contributed by atoms with Crippen LogP contribution in [-0.4, -0.2) is 57.9 Å². The maximum atomic E-state index is 12.0. The number of nitrogens with one attached hydrogen (secondary N) is 1. The van der Waals surface area contributed by atoms with Crippen LogP contribution in [0, 0.1) is 6.92 Å². The molecular formula is C17H24N4OS. The smallest absolute Gasteiger partial charge is 0.234 e. The number of amides is 1. The van der Waals surface area contributed by atoms with Crippen molar-refractivity contribution in [2.75, 3.05) is 31.6 Å².